The van der Waals surface area contributed by atoms with Gasteiger partial charge in [0.15, 0.2) is 11.0 Å². The van der Waals surface area contributed by atoms with Crippen molar-refractivity contribution in [2.24, 2.45) is 7.05 Å². The molecule has 0 aliphatic heterocycles. The minimum Gasteiger partial charge on any atom is -0.319 e. The van der Waals surface area contributed by atoms with E-state index < -0.39 is 5.25 Å². The van der Waals surface area contributed by atoms with Crippen molar-refractivity contribution in [3.8, 4) is 17.1 Å². The molecule has 5 rings (SSSR count). The Morgan fingerprint density at radius 3 is 2.59 bits per heavy atom. The highest BCUT2D eigenvalue weighted by atomic mass is 32.2. The van der Waals surface area contributed by atoms with Crippen LogP contribution in [0, 0.1) is 6.92 Å². The van der Waals surface area contributed by atoms with Gasteiger partial charge in [-0.2, -0.15) is 0 Å². The normalized spacial score (nSPS) is 14.2. The summed E-state index contributed by atoms with van der Waals surface area (Å²) in [5.74, 6) is 0.500. The Morgan fingerprint density at radius 1 is 1.15 bits per heavy atom. The van der Waals surface area contributed by atoms with Crippen LogP contribution >= 0.6 is 11.8 Å². The van der Waals surface area contributed by atoms with Crippen molar-refractivity contribution in [3.05, 3.63) is 70.9 Å². The minimum absolute atomic E-state index is 0.260. The number of carbonyl (C=O) groups excluding carboxylic acids is 1. The van der Waals surface area contributed by atoms with Gasteiger partial charge in [-0.05, 0) is 51.0 Å². The number of aromatic nitrogens is 6. The van der Waals surface area contributed by atoms with E-state index in [-0.39, 0.29) is 17.2 Å². The number of carbonyl (C=O) groups is 1. The maximum Gasteiger partial charge on any atom is 0.295 e. The zero-order valence-electron chi connectivity index (χ0n) is 19.2. The lowest BCUT2D eigenvalue weighted by atomic mass is 10.3. The van der Waals surface area contributed by atoms with Gasteiger partial charge in [0.25, 0.3) is 5.56 Å². The van der Waals surface area contributed by atoms with Gasteiger partial charge in [-0.15, -0.1) is 10.2 Å². The highest BCUT2D eigenvalue weighted by molar-refractivity contribution is 8.00. The lowest BCUT2D eigenvalue weighted by Gasteiger charge is -2.13. The summed E-state index contributed by atoms with van der Waals surface area (Å²) in [5, 5.41) is 11.8. The molecule has 1 N–H and O–H groups in total. The van der Waals surface area contributed by atoms with Gasteiger partial charge in [0.2, 0.25) is 5.91 Å². The molecule has 34 heavy (non-hydrogen) atoms. The van der Waals surface area contributed by atoms with Gasteiger partial charge in [-0.3, -0.25) is 23.8 Å². The number of benzene rings is 1. The SMILES string of the molecule is Cc1c(NC(=O)[C@@H](C)Sc2nnc(-c3cccnc3)n2C2CC2)c(=O)n(-c2ccccc2)n1C. The number of nitrogens with one attached hydrogen (secondary N) is 1. The Labute approximate surface area is 200 Å². The fourth-order valence-corrected chi connectivity index (χ4v) is 4.78. The van der Waals surface area contributed by atoms with E-state index in [4.69, 9.17) is 0 Å². The molecule has 0 spiro atoms. The number of amides is 1. The van der Waals surface area contributed by atoms with E-state index in [0.29, 0.717) is 16.9 Å². The molecule has 174 valence electrons. The second kappa shape index (κ2) is 8.94. The molecule has 3 aromatic heterocycles. The molecule has 1 aliphatic rings. The van der Waals surface area contributed by atoms with Crippen LogP contribution in [0.4, 0.5) is 5.69 Å². The summed E-state index contributed by atoms with van der Waals surface area (Å²) in [7, 11) is 1.80. The van der Waals surface area contributed by atoms with E-state index in [1.54, 1.807) is 28.8 Å². The average molecular weight is 476 g/mol. The van der Waals surface area contributed by atoms with Gasteiger partial charge in [0.1, 0.15) is 5.69 Å². The molecule has 1 amide bonds. The van der Waals surface area contributed by atoms with Crippen molar-refractivity contribution in [2.45, 2.75) is 43.1 Å². The molecule has 1 aromatic carbocycles. The Kier molecular flexibility index (Phi) is 5.82. The van der Waals surface area contributed by atoms with Gasteiger partial charge in [0, 0.05) is 31.0 Å². The lowest BCUT2D eigenvalue weighted by Crippen LogP contribution is -2.27. The van der Waals surface area contributed by atoms with Crippen molar-refractivity contribution in [3.63, 3.8) is 0 Å². The molecule has 0 bridgehead atoms. The molecule has 1 aliphatic carbocycles. The van der Waals surface area contributed by atoms with E-state index in [9.17, 15) is 9.59 Å². The second-order valence-corrected chi connectivity index (χ2v) is 9.64. The monoisotopic (exact) mass is 475 g/mol. The van der Waals surface area contributed by atoms with Gasteiger partial charge >= 0.3 is 0 Å². The maximum atomic E-state index is 13.1. The Balaban J connectivity index is 1.38. The topological polar surface area (TPSA) is 99.6 Å². The van der Waals surface area contributed by atoms with Crippen LogP contribution in [0.3, 0.4) is 0 Å². The number of thioether (sulfide) groups is 1. The first kappa shape index (κ1) is 22.1. The van der Waals surface area contributed by atoms with Crippen molar-refractivity contribution in [1.29, 1.82) is 0 Å². The Bertz CT molecular complexity index is 1390. The highest BCUT2D eigenvalue weighted by Crippen LogP contribution is 2.41. The lowest BCUT2D eigenvalue weighted by molar-refractivity contribution is -0.115. The van der Waals surface area contributed by atoms with Crippen LogP contribution in [-0.4, -0.2) is 40.3 Å². The minimum atomic E-state index is -0.479. The Hall–Kier alpha value is -3.66. The van der Waals surface area contributed by atoms with Crippen LogP contribution in [-0.2, 0) is 11.8 Å². The summed E-state index contributed by atoms with van der Waals surface area (Å²) >= 11 is 1.34. The molecule has 9 nitrogen and oxygen atoms in total. The summed E-state index contributed by atoms with van der Waals surface area (Å²) in [4.78, 5) is 30.4. The zero-order chi connectivity index (χ0) is 23.8. The summed E-state index contributed by atoms with van der Waals surface area (Å²) in [6, 6.07) is 13.5. The Morgan fingerprint density at radius 2 is 1.91 bits per heavy atom. The van der Waals surface area contributed by atoms with E-state index in [0.717, 1.165) is 29.9 Å². The molecular weight excluding hydrogens is 450 g/mol. The van der Waals surface area contributed by atoms with Crippen molar-refractivity contribution >= 4 is 23.4 Å². The van der Waals surface area contributed by atoms with Crippen molar-refractivity contribution in [1.82, 2.24) is 29.1 Å². The number of hydrogen-bond acceptors (Lipinski definition) is 6. The first-order valence-corrected chi connectivity index (χ1v) is 12.0. The number of pyridine rings is 1. The fraction of sp³-hybridized carbons (Fsp3) is 0.292. The molecule has 0 saturated heterocycles. The summed E-state index contributed by atoms with van der Waals surface area (Å²) < 4.78 is 5.39. The van der Waals surface area contributed by atoms with Gasteiger partial charge < -0.3 is 5.32 Å². The first-order valence-electron chi connectivity index (χ1n) is 11.1. The summed E-state index contributed by atoms with van der Waals surface area (Å²) in [6.07, 6.45) is 5.60. The van der Waals surface area contributed by atoms with Gasteiger partial charge in [-0.1, -0.05) is 30.0 Å². The molecule has 1 fully saturated rings. The van der Waals surface area contributed by atoms with Crippen LogP contribution in [0.15, 0.2) is 64.8 Å². The second-order valence-electron chi connectivity index (χ2n) is 8.33. The summed E-state index contributed by atoms with van der Waals surface area (Å²) in [6.45, 7) is 3.63. The molecule has 0 unspecified atom stereocenters. The third-order valence-electron chi connectivity index (χ3n) is 5.95. The van der Waals surface area contributed by atoms with Crippen LogP contribution in [0.1, 0.15) is 31.5 Å². The number of para-hydroxylation sites is 1. The van der Waals surface area contributed by atoms with E-state index in [2.05, 4.69) is 25.1 Å². The van der Waals surface area contributed by atoms with Gasteiger partial charge in [0.05, 0.1) is 16.6 Å². The highest BCUT2D eigenvalue weighted by Gasteiger charge is 2.32. The molecule has 1 saturated carbocycles. The van der Waals surface area contributed by atoms with E-state index in [1.807, 2.05) is 56.3 Å². The largest absolute Gasteiger partial charge is 0.319 e. The standard InChI is InChI=1S/C24H25N7O2S/c1-15-20(23(33)31(29(15)3)19-9-5-4-6-10-19)26-22(32)16(2)34-24-28-27-21(30(24)18-11-12-18)17-8-7-13-25-14-17/h4-10,13-14,16,18H,11-12H2,1-3H3,(H,26,32)/t16-/m1/s1. The zero-order valence-corrected chi connectivity index (χ0v) is 20.0. The quantitative estimate of drug-likeness (QED) is 0.410. The van der Waals surface area contributed by atoms with Crippen LogP contribution in [0.5, 0.6) is 0 Å². The van der Waals surface area contributed by atoms with E-state index in [1.165, 1.54) is 11.8 Å². The maximum absolute atomic E-state index is 13.1. The number of anilines is 1. The fourth-order valence-electron chi connectivity index (χ4n) is 3.86. The van der Waals surface area contributed by atoms with Crippen LogP contribution in [0.25, 0.3) is 17.1 Å². The number of rotatable bonds is 7. The summed E-state index contributed by atoms with van der Waals surface area (Å²) in [5.41, 5.74) is 2.33. The number of nitrogens with zero attached hydrogens (tertiary/aromatic N) is 6. The molecule has 1 atom stereocenters. The third kappa shape index (κ3) is 4.05. The van der Waals surface area contributed by atoms with Crippen LogP contribution in [0.2, 0.25) is 0 Å². The van der Waals surface area contributed by atoms with Gasteiger partial charge in [-0.25, -0.2) is 4.68 Å². The van der Waals surface area contributed by atoms with Crippen LogP contribution < -0.4 is 10.9 Å². The third-order valence-corrected chi connectivity index (χ3v) is 7.01. The average Bonchev–Trinajstić information content (AvgIpc) is 3.58. The predicted octanol–water partition coefficient (Wildman–Crippen LogP) is 3.59. The predicted molar refractivity (Wildman–Crippen MR) is 131 cm³/mol. The molecule has 4 aromatic rings. The smallest absolute Gasteiger partial charge is 0.295 e. The van der Waals surface area contributed by atoms with E-state index >= 15 is 0 Å². The molecular formula is C24H25N7O2S. The molecule has 0 radical (unpaired) electrons. The molecule has 3 heterocycles. The van der Waals surface area contributed by atoms with Crippen molar-refractivity contribution < 1.29 is 4.79 Å². The van der Waals surface area contributed by atoms with Crippen molar-refractivity contribution in [2.75, 3.05) is 5.32 Å². The number of hydrogen-bond donors (Lipinski definition) is 1. The first-order chi connectivity index (χ1) is 16.5. The molecule has 10 heteroatoms.